The van der Waals surface area contributed by atoms with E-state index in [0.29, 0.717) is 4.47 Å². The summed E-state index contributed by atoms with van der Waals surface area (Å²) >= 11 is 3.17. The van der Waals surface area contributed by atoms with Gasteiger partial charge in [0.1, 0.15) is 0 Å². The molecule has 0 bridgehead atoms. The smallest absolute Gasteiger partial charge is 0.213 e. The van der Waals surface area contributed by atoms with Gasteiger partial charge in [0.15, 0.2) is 0 Å². The van der Waals surface area contributed by atoms with Crippen LogP contribution in [0, 0.1) is 0 Å². The van der Waals surface area contributed by atoms with Gasteiger partial charge in [-0.05, 0) is 41.9 Å². The minimum atomic E-state index is -3.71. The second kappa shape index (κ2) is 6.10. The van der Waals surface area contributed by atoms with Gasteiger partial charge in [0, 0.05) is 16.6 Å². The van der Waals surface area contributed by atoms with Crippen molar-refractivity contribution < 1.29 is 16.8 Å². The summed E-state index contributed by atoms with van der Waals surface area (Å²) in [4.78, 5) is 0.107. The molecule has 0 aliphatic heterocycles. The van der Waals surface area contributed by atoms with E-state index in [1.807, 2.05) is 0 Å². The molecule has 0 unspecified atom stereocenters. The topological polar surface area (TPSA) is 92.3 Å². The molecule has 9 heteroatoms. The highest BCUT2D eigenvalue weighted by atomic mass is 79.9. The van der Waals surface area contributed by atoms with Crippen molar-refractivity contribution in [3.63, 3.8) is 0 Å². The molecular weight excluding hydrogens is 368 g/mol. The molecule has 0 spiro atoms. The first-order valence-electron chi connectivity index (χ1n) is 5.66. The van der Waals surface area contributed by atoms with Crippen LogP contribution in [0.3, 0.4) is 0 Å². The SMILES string of the molecule is CC(C)(CNS(=O)(=O)c1ccccc1Br)NS(C)(=O)=O. The lowest BCUT2D eigenvalue weighted by Gasteiger charge is -2.25. The highest BCUT2D eigenvalue weighted by molar-refractivity contribution is 9.10. The van der Waals surface area contributed by atoms with E-state index >= 15 is 0 Å². The molecule has 0 aromatic heterocycles. The lowest BCUT2D eigenvalue weighted by molar-refractivity contribution is 0.446. The van der Waals surface area contributed by atoms with E-state index in [2.05, 4.69) is 25.4 Å². The van der Waals surface area contributed by atoms with Crippen LogP contribution in [0.15, 0.2) is 33.6 Å². The minimum Gasteiger partial charge on any atom is -0.213 e. The van der Waals surface area contributed by atoms with Crippen molar-refractivity contribution in [1.82, 2.24) is 9.44 Å². The molecule has 1 rings (SSSR count). The van der Waals surface area contributed by atoms with Crippen molar-refractivity contribution in [3.8, 4) is 0 Å². The van der Waals surface area contributed by atoms with Gasteiger partial charge in [-0.15, -0.1) is 0 Å². The monoisotopic (exact) mass is 384 g/mol. The molecule has 2 N–H and O–H groups in total. The lowest BCUT2D eigenvalue weighted by atomic mass is 10.1. The van der Waals surface area contributed by atoms with Crippen LogP contribution in [0.5, 0.6) is 0 Å². The first-order valence-corrected chi connectivity index (χ1v) is 9.83. The summed E-state index contributed by atoms with van der Waals surface area (Å²) in [7, 11) is -7.13. The maximum atomic E-state index is 12.1. The molecule has 114 valence electrons. The van der Waals surface area contributed by atoms with Crippen LogP contribution in [-0.4, -0.2) is 35.2 Å². The number of benzene rings is 1. The summed E-state index contributed by atoms with van der Waals surface area (Å²) in [5.41, 5.74) is -0.929. The lowest BCUT2D eigenvalue weighted by Crippen LogP contribution is -2.50. The highest BCUT2D eigenvalue weighted by Gasteiger charge is 2.25. The molecule has 6 nitrogen and oxygen atoms in total. The number of nitrogens with one attached hydrogen (secondary N) is 2. The molecule has 0 atom stereocenters. The van der Waals surface area contributed by atoms with E-state index in [9.17, 15) is 16.8 Å². The predicted molar refractivity (Wildman–Crippen MR) is 81.4 cm³/mol. The van der Waals surface area contributed by atoms with Crippen molar-refractivity contribution in [2.24, 2.45) is 0 Å². The molecular formula is C11H17BrN2O4S2. The van der Waals surface area contributed by atoms with Gasteiger partial charge >= 0.3 is 0 Å². The number of sulfonamides is 2. The standard InChI is InChI=1S/C11H17BrN2O4S2/c1-11(2,14-19(3,15)16)8-13-20(17,18)10-7-5-4-6-9(10)12/h4-7,13-14H,8H2,1-3H3. The average molecular weight is 385 g/mol. The van der Waals surface area contributed by atoms with E-state index < -0.39 is 25.6 Å². The largest absolute Gasteiger partial charge is 0.241 e. The van der Waals surface area contributed by atoms with Gasteiger partial charge in [0.2, 0.25) is 20.0 Å². The van der Waals surface area contributed by atoms with Crippen molar-refractivity contribution in [1.29, 1.82) is 0 Å². The summed E-state index contributed by atoms with van der Waals surface area (Å²) in [6.45, 7) is 3.12. The molecule has 20 heavy (non-hydrogen) atoms. The summed E-state index contributed by atoms with van der Waals surface area (Å²) in [6.07, 6.45) is 1.02. The van der Waals surface area contributed by atoms with Gasteiger partial charge in [-0.25, -0.2) is 26.3 Å². The predicted octanol–water partition coefficient (Wildman–Crippen LogP) is 1.06. The van der Waals surface area contributed by atoms with Gasteiger partial charge in [0.05, 0.1) is 11.2 Å². The third-order valence-corrected chi connectivity index (χ3v) is 5.63. The first kappa shape index (κ1) is 17.6. The summed E-state index contributed by atoms with van der Waals surface area (Å²) < 4.78 is 51.9. The highest BCUT2D eigenvalue weighted by Crippen LogP contribution is 2.21. The van der Waals surface area contributed by atoms with E-state index in [-0.39, 0.29) is 11.4 Å². The normalized spacial score (nSPS) is 13.4. The number of rotatable bonds is 6. The fourth-order valence-corrected chi connectivity index (χ4v) is 4.84. The van der Waals surface area contributed by atoms with Crippen molar-refractivity contribution in [2.45, 2.75) is 24.3 Å². The molecule has 0 saturated carbocycles. The van der Waals surface area contributed by atoms with E-state index in [0.717, 1.165) is 6.26 Å². The average Bonchev–Trinajstić information content (AvgIpc) is 2.24. The van der Waals surface area contributed by atoms with E-state index in [1.54, 1.807) is 32.0 Å². The first-order chi connectivity index (χ1) is 8.93. The zero-order valence-electron chi connectivity index (χ0n) is 11.3. The second-order valence-electron chi connectivity index (χ2n) is 5.01. The maximum Gasteiger partial charge on any atom is 0.241 e. The molecule has 1 aromatic rings. The molecule has 0 radical (unpaired) electrons. The van der Waals surface area contributed by atoms with Crippen LogP contribution >= 0.6 is 15.9 Å². The number of hydrogen-bond donors (Lipinski definition) is 2. The maximum absolute atomic E-state index is 12.1. The Morgan fingerprint density at radius 2 is 1.70 bits per heavy atom. The summed E-state index contributed by atoms with van der Waals surface area (Å²) in [5, 5.41) is 0. The number of hydrogen-bond acceptors (Lipinski definition) is 4. The second-order valence-corrected chi connectivity index (χ2v) is 9.35. The van der Waals surface area contributed by atoms with Crippen molar-refractivity contribution >= 4 is 36.0 Å². The van der Waals surface area contributed by atoms with Gasteiger partial charge in [-0.3, -0.25) is 0 Å². The summed E-state index contributed by atoms with van der Waals surface area (Å²) in [6, 6.07) is 6.40. The third kappa shape index (κ3) is 5.49. The van der Waals surface area contributed by atoms with Crippen LogP contribution < -0.4 is 9.44 Å². The zero-order chi connectivity index (χ0) is 15.6. The fourth-order valence-electron chi connectivity index (χ4n) is 1.55. The van der Waals surface area contributed by atoms with Gasteiger partial charge in [-0.1, -0.05) is 12.1 Å². The molecule has 0 saturated heterocycles. The van der Waals surface area contributed by atoms with Gasteiger partial charge in [0.25, 0.3) is 0 Å². The van der Waals surface area contributed by atoms with Crippen LogP contribution in [-0.2, 0) is 20.0 Å². The quantitative estimate of drug-likeness (QED) is 0.766. The Morgan fingerprint density at radius 1 is 1.15 bits per heavy atom. The Labute approximate surface area is 128 Å². The van der Waals surface area contributed by atoms with Crippen molar-refractivity contribution in [3.05, 3.63) is 28.7 Å². The third-order valence-electron chi connectivity index (χ3n) is 2.29. The van der Waals surface area contributed by atoms with Gasteiger partial charge in [-0.2, -0.15) is 0 Å². The van der Waals surface area contributed by atoms with E-state index in [1.165, 1.54) is 6.07 Å². The van der Waals surface area contributed by atoms with Crippen LogP contribution in [0.4, 0.5) is 0 Å². The molecule has 1 aromatic carbocycles. The molecule has 0 heterocycles. The Balaban J connectivity index is 2.87. The zero-order valence-corrected chi connectivity index (χ0v) is 14.6. The van der Waals surface area contributed by atoms with E-state index in [4.69, 9.17) is 0 Å². The Hall–Kier alpha value is -0.480. The van der Waals surface area contributed by atoms with Crippen LogP contribution in [0.25, 0.3) is 0 Å². The minimum absolute atomic E-state index is 0.0657. The summed E-state index contributed by atoms with van der Waals surface area (Å²) in [5.74, 6) is 0. The Kier molecular flexibility index (Phi) is 5.36. The van der Waals surface area contributed by atoms with Gasteiger partial charge < -0.3 is 0 Å². The molecule has 0 aliphatic rings. The van der Waals surface area contributed by atoms with Crippen LogP contribution in [0.1, 0.15) is 13.8 Å². The fraction of sp³-hybridized carbons (Fsp3) is 0.455. The molecule has 0 amide bonds. The number of halogens is 1. The molecule has 0 fully saturated rings. The Bertz CT molecular complexity index is 684. The molecule has 0 aliphatic carbocycles. The van der Waals surface area contributed by atoms with Crippen LogP contribution in [0.2, 0.25) is 0 Å². The van der Waals surface area contributed by atoms with Crippen molar-refractivity contribution in [2.75, 3.05) is 12.8 Å². The Morgan fingerprint density at radius 3 is 2.20 bits per heavy atom.